The molecule has 2 rings (SSSR count). The fourth-order valence-electron chi connectivity index (χ4n) is 2.27. The second-order valence-electron chi connectivity index (χ2n) is 5.74. The van der Waals surface area contributed by atoms with Crippen LogP contribution in [-0.4, -0.2) is 40.6 Å². The molecule has 0 aliphatic carbocycles. The molecule has 7 heteroatoms. The third-order valence-corrected chi connectivity index (χ3v) is 3.25. The molecule has 0 spiro atoms. The van der Waals surface area contributed by atoms with Crippen LogP contribution in [0.25, 0.3) is 0 Å². The molecule has 2 heterocycles. The first kappa shape index (κ1) is 17.2. The smallest absolute Gasteiger partial charge is 0.223 e. The standard InChI is InChI=1S/C13H23N5O.HI/c1-5-14-12(18-7-6-13(3,4)9-18)15-8-11-16-10(2)19-17-11;/h5-9H2,1-4H3,(H,14,15);1H. The van der Waals surface area contributed by atoms with E-state index in [2.05, 4.69) is 46.1 Å². The summed E-state index contributed by atoms with van der Waals surface area (Å²) in [4.78, 5) is 11.1. The van der Waals surface area contributed by atoms with Crippen molar-refractivity contribution in [2.45, 2.75) is 40.7 Å². The van der Waals surface area contributed by atoms with Gasteiger partial charge in [0.1, 0.15) is 6.54 Å². The van der Waals surface area contributed by atoms with E-state index in [1.54, 1.807) is 6.92 Å². The number of hydrogen-bond acceptors (Lipinski definition) is 4. The number of nitrogens with one attached hydrogen (secondary N) is 1. The van der Waals surface area contributed by atoms with E-state index in [0.717, 1.165) is 25.6 Å². The van der Waals surface area contributed by atoms with Gasteiger partial charge in [-0.3, -0.25) is 0 Å². The minimum Gasteiger partial charge on any atom is -0.357 e. The molecule has 0 radical (unpaired) electrons. The Balaban J connectivity index is 0.00000200. The van der Waals surface area contributed by atoms with Crippen molar-refractivity contribution in [3.8, 4) is 0 Å². The van der Waals surface area contributed by atoms with Gasteiger partial charge in [-0.15, -0.1) is 24.0 Å². The third-order valence-electron chi connectivity index (χ3n) is 3.25. The average molecular weight is 393 g/mol. The molecular formula is C13H24IN5O. The number of hydrogen-bond donors (Lipinski definition) is 1. The van der Waals surface area contributed by atoms with Crippen molar-refractivity contribution in [1.29, 1.82) is 0 Å². The molecule has 0 amide bonds. The van der Waals surface area contributed by atoms with Crippen molar-refractivity contribution in [2.75, 3.05) is 19.6 Å². The highest BCUT2D eigenvalue weighted by Crippen LogP contribution is 2.28. The molecule has 0 bridgehead atoms. The first-order chi connectivity index (χ1) is 9.00. The largest absolute Gasteiger partial charge is 0.357 e. The second kappa shape index (κ2) is 7.24. The zero-order chi connectivity index (χ0) is 13.9. The van der Waals surface area contributed by atoms with Crippen LogP contribution in [0.4, 0.5) is 0 Å². The summed E-state index contributed by atoms with van der Waals surface area (Å²) in [6.45, 7) is 11.8. The van der Waals surface area contributed by atoms with Crippen LogP contribution in [0.2, 0.25) is 0 Å². The summed E-state index contributed by atoms with van der Waals surface area (Å²) in [7, 11) is 0. The van der Waals surface area contributed by atoms with E-state index in [1.807, 2.05) is 0 Å². The van der Waals surface area contributed by atoms with Gasteiger partial charge in [0.05, 0.1) is 0 Å². The SMILES string of the molecule is CCNC(=NCc1noc(C)n1)N1CCC(C)(C)C1.I. The fraction of sp³-hybridized carbons (Fsp3) is 0.769. The lowest BCUT2D eigenvalue weighted by Crippen LogP contribution is -2.40. The summed E-state index contributed by atoms with van der Waals surface area (Å²) in [6, 6.07) is 0. The van der Waals surface area contributed by atoms with Gasteiger partial charge in [0, 0.05) is 26.6 Å². The molecule has 1 aliphatic heterocycles. The minimum atomic E-state index is 0. The van der Waals surface area contributed by atoms with E-state index in [-0.39, 0.29) is 24.0 Å². The quantitative estimate of drug-likeness (QED) is 0.485. The molecule has 114 valence electrons. The summed E-state index contributed by atoms with van der Waals surface area (Å²) in [6.07, 6.45) is 1.19. The van der Waals surface area contributed by atoms with Crippen LogP contribution in [0.15, 0.2) is 9.52 Å². The van der Waals surface area contributed by atoms with E-state index in [9.17, 15) is 0 Å². The summed E-state index contributed by atoms with van der Waals surface area (Å²) < 4.78 is 4.95. The molecule has 1 aromatic heterocycles. The van der Waals surface area contributed by atoms with Crippen molar-refractivity contribution >= 4 is 29.9 Å². The summed E-state index contributed by atoms with van der Waals surface area (Å²) in [5, 5.41) is 7.19. The predicted molar refractivity (Wildman–Crippen MR) is 89.2 cm³/mol. The van der Waals surface area contributed by atoms with Crippen LogP contribution in [0, 0.1) is 12.3 Å². The van der Waals surface area contributed by atoms with Gasteiger partial charge >= 0.3 is 0 Å². The Morgan fingerprint density at radius 3 is 2.75 bits per heavy atom. The van der Waals surface area contributed by atoms with Crippen molar-refractivity contribution in [1.82, 2.24) is 20.4 Å². The van der Waals surface area contributed by atoms with Gasteiger partial charge < -0.3 is 14.7 Å². The maximum atomic E-state index is 4.95. The van der Waals surface area contributed by atoms with Gasteiger partial charge in [-0.05, 0) is 18.8 Å². The van der Waals surface area contributed by atoms with Crippen LogP contribution >= 0.6 is 24.0 Å². The van der Waals surface area contributed by atoms with Crippen LogP contribution < -0.4 is 5.32 Å². The Hall–Kier alpha value is -0.860. The number of likely N-dealkylation sites (tertiary alicyclic amines) is 1. The lowest BCUT2D eigenvalue weighted by atomic mass is 9.93. The number of nitrogens with zero attached hydrogens (tertiary/aromatic N) is 4. The highest BCUT2D eigenvalue weighted by atomic mass is 127. The van der Waals surface area contributed by atoms with Crippen LogP contribution in [-0.2, 0) is 6.54 Å². The van der Waals surface area contributed by atoms with Gasteiger partial charge in [-0.2, -0.15) is 4.98 Å². The molecule has 0 saturated carbocycles. The van der Waals surface area contributed by atoms with E-state index in [0.29, 0.717) is 23.7 Å². The predicted octanol–water partition coefficient (Wildman–Crippen LogP) is 2.19. The summed E-state index contributed by atoms with van der Waals surface area (Å²) in [5.41, 5.74) is 0.360. The monoisotopic (exact) mass is 393 g/mol. The average Bonchev–Trinajstić information content (AvgIpc) is 2.91. The highest BCUT2D eigenvalue weighted by molar-refractivity contribution is 14.0. The Morgan fingerprint density at radius 1 is 1.50 bits per heavy atom. The van der Waals surface area contributed by atoms with Gasteiger partial charge in [0.25, 0.3) is 0 Å². The summed E-state index contributed by atoms with van der Waals surface area (Å²) >= 11 is 0. The Bertz CT molecular complexity index is 457. The van der Waals surface area contributed by atoms with Crippen molar-refractivity contribution in [3.05, 3.63) is 11.7 Å². The molecule has 20 heavy (non-hydrogen) atoms. The zero-order valence-corrected chi connectivity index (χ0v) is 15.0. The first-order valence-corrected chi connectivity index (χ1v) is 6.82. The Labute approximate surface area is 137 Å². The van der Waals surface area contributed by atoms with Gasteiger partial charge in [-0.1, -0.05) is 19.0 Å². The van der Waals surface area contributed by atoms with E-state index in [1.165, 1.54) is 6.42 Å². The van der Waals surface area contributed by atoms with Gasteiger partial charge in [0.2, 0.25) is 5.89 Å². The fourth-order valence-corrected chi connectivity index (χ4v) is 2.27. The topological polar surface area (TPSA) is 66.5 Å². The zero-order valence-electron chi connectivity index (χ0n) is 12.6. The maximum Gasteiger partial charge on any atom is 0.223 e. The van der Waals surface area contributed by atoms with Crippen LogP contribution in [0.1, 0.15) is 38.9 Å². The number of aliphatic imine (C=N–C) groups is 1. The number of halogens is 1. The highest BCUT2D eigenvalue weighted by Gasteiger charge is 2.30. The summed E-state index contributed by atoms with van der Waals surface area (Å²) in [5.74, 6) is 2.15. The molecule has 1 saturated heterocycles. The Morgan fingerprint density at radius 2 is 2.25 bits per heavy atom. The number of rotatable bonds is 3. The van der Waals surface area contributed by atoms with Crippen molar-refractivity contribution in [3.63, 3.8) is 0 Å². The number of guanidine groups is 1. The van der Waals surface area contributed by atoms with E-state index in [4.69, 9.17) is 4.52 Å². The van der Waals surface area contributed by atoms with E-state index >= 15 is 0 Å². The molecule has 0 unspecified atom stereocenters. The molecule has 1 N–H and O–H groups in total. The Kier molecular flexibility index (Phi) is 6.22. The molecule has 1 fully saturated rings. The lowest BCUT2D eigenvalue weighted by molar-refractivity contribution is 0.369. The van der Waals surface area contributed by atoms with E-state index < -0.39 is 0 Å². The third kappa shape index (κ3) is 4.60. The van der Waals surface area contributed by atoms with Crippen molar-refractivity contribution in [2.24, 2.45) is 10.4 Å². The molecule has 1 aliphatic rings. The molecule has 1 aromatic rings. The molecule has 0 aromatic carbocycles. The van der Waals surface area contributed by atoms with Crippen LogP contribution in [0.3, 0.4) is 0 Å². The molecule has 6 nitrogen and oxygen atoms in total. The first-order valence-electron chi connectivity index (χ1n) is 6.82. The van der Waals surface area contributed by atoms with Crippen molar-refractivity contribution < 1.29 is 4.52 Å². The van der Waals surface area contributed by atoms with Gasteiger partial charge in [0.15, 0.2) is 11.8 Å². The second-order valence-corrected chi connectivity index (χ2v) is 5.74. The van der Waals surface area contributed by atoms with Crippen LogP contribution in [0.5, 0.6) is 0 Å². The minimum absolute atomic E-state index is 0. The van der Waals surface area contributed by atoms with Gasteiger partial charge in [-0.25, -0.2) is 4.99 Å². The lowest BCUT2D eigenvalue weighted by Gasteiger charge is -2.23. The molecule has 0 atom stereocenters. The molecular weight excluding hydrogens is 369 g/mol. The number of aryl methyl sites for hydroxylation is 1. The maximum absolute atomic E-state index is 4.95. The number of aromatic nitrogens is 2. The normalized spacial score (nSPS) is 18.0.